The van der Waals surface area contributed by atoms with Gasteiger partial charge in [0, 0.05) is 18.1 Å². The lowest BCUT2D eigenvalue weighted by molar-refractivity contribution is -0.143. The molecule has 0 saturated carbocycles. The largest absolute Gasteiger partial charge is 0.492 e. The minimum atomic E-state index is -0.846. The summed E-state index contributed by atoms with van der Waals surface area (Å²) >= 11 is 5.84. The van der Waals surface area contributed by atoms with Gasteiger partial charge >= 0.3 is 12.0 Å². The topological polar surface area (TPSA) is 78.9 Å². The predicted molar refractivity (Wildman–Crippen MR) is 82.3 cm³/mol. The molecule has 2 rings (SSSR count). The lowest BCUT2D eigenvalue weighted by Crippen LogP contribution is -2.47. The molecular formula is C15H19ClN2O4. The number of carboxylic acid groups (broad SMARTS) is 1. The van der Waals surface area contributed by atoms with Crippen LogP contribution in [-0.2, 0) is 4.79 Å². The first-order valence-electron chi connectivity index (χ1n) is 7.20. The van der Waals surface area contributed by atoms with E-state index in [0.717, 1.165) is 0 Å². The van der Waals surface area contributed by atoms with Crippen LogP contribution in [0.5, 0.6) is 5.75 Å². The zero-order valence-corrected chi connectivity index (χ0v) is 12.9. The van der Waals surface area contributed by atoms with Crippen LogP contribution < -0.4 is 10.1 Å². The second-order valence-electron chi connectivity index (χ2n) is 5.16. The van der Waals surface area contributed by atoms with Gasteiger partial charge in [-0.15, -0.1) is 0 Å². The molecule has 2 amide bonds. The van der Waals surface area contributed by atoms with E-state index in [4.69, 9.17) is 21.4 Å². The van der Waals surface area contributed by atoms with Crippen molar-refractivity contribution in [2.75, 3.05) is 26.2 Å². The Morgan fingerprint density at radius 2 is 2.27 bits per heavy atom. The highest BCUT2D eigenvalue weighted by Crippen LogP contribution is 2.17. The molecule has 1 aliphatic heterocycles. The molecule has 0 radical (unpaired) electrons. The molecular weight excluding hydrogens is 308 g/mol. The number of piperidine rings is 1. The highest BCUT2D eigenvalue weighted by molar-refractivity contribution is 6.30. The molecule has 1 aromatic carbocycles. The van der Waals surface area contributed by atoms with Gasteiger partial charge < -0.3 is 20.1 Å². The van der Waals surface area contributed by atoms with E-state index >= 15 is 0 Å². The molecule has 1 atom stereocenters. The van der Waals surface area contributed by atoms with E-state index in [1.54, 1.807) is 29.2 Å². The molecule has 7 heteroatoms. The second kappa shape index (κ2) is 7.89. The molecule has 22 heavy (non-hydrogen) atoms. The molecule has 2 N–H and O–H groups in total. The van der Waals surface area contributed by atoms with Gasteiger partial charge in [0.05, 0.1) is 12.5 Å². The monoisotopic (exact) mass is 326 g/mol. The minimum absolute atomic E-state index is 0.249. The van der Waals surface area contributed by atoms with Gasteiger partial charge in [0.25, 0.3) is 0 Å². The number of halogens is 1. The van der Waals surface area contributed by atoms with Crippen molar-refractivity contribution in [2.45, 2.75) is 12.8 Å². The van der Waals surface area contributed by atoms with Gasteiger partial charge in [-0.3, -0.25) is 4.79 Å². The molecule has 0 bridgehead atoms. The Bertz CT molecular complexity index is 538. The zero-order chi connectivity index (χ0) is 15.9. The Kier molecular flexibility index (Phi) is 5.89. The lowest BCUT2D eigenvalue weighted by Gasteiger charge is -2.30. The number of ether oxygens (including phenoxy) is 1. The fraction of sp³-hybridized carbons (Fsp3) is 0.467. The van der Waals surface area contributed by atoms with E-state index in [1.807, 2.05) is 0 Å². The summed E-state index contributed by atoms with van der Waals surface area (Å²) in [4.78, 5) is 24.5. The Balaban J connectivity index is 1.70. The van der Waals surface area contributed by atoms with Crippen molar-refractivity contribution in [3.05, 3.63) is 29.3 Å². The standard InChI is InChI=1S/C15H19ClN2O4/c16-12-4-1-5-13(9-12)22-8-6-17-15(21)18-7-2-3-11(10-18)14(19)20/h1,4-5,9,11H,2-3,6-8,10H2,(H,17,21)(H,19,20). The van der Waals surface area contributed by atoms with Gasteiger partial charge in [0.1, 0.15) is 12.4 Å². The van der Waals surface area contributed by atoms with Gasteiger partial charge in [-0.2, -0.15) is 0 Å². The maximum absolute atomic E-state index is 12.0. The molecule has 1 aromatic rings. The van der Waals surface area contributed by atoms with Gasteiger partial charge in [-0.25, -0.2) is 4.79 Å². The molecule has 0 aliphatic carbocycles. The molecule has 1 heterocycles. The van der Waals surface area contributed by atoms with Crippen molar-refractivity contribution in [2.24, 2.45) is 5.92 Å². The third-order valence-corrected chi connectivity index (χ3v) is 3.74. The number of nitrogens with zero attached hydrogens (tertiary/aromatic N) is 1. The summed E-state index contributed by atoms with van der Waals surface area (Å²) in [6.45, 7) is 1.52. The normalized spacial score (nSPS) is 17.9. The SMILES string of the molecule is O=C(O)C1CCCN(C(=O)NCCOc2cccc(Cl)c2)C1. The molecule has 1 fully saturated rings. The van der Waals surface area contributed by atoms with Crippen LogP contribution in [0.1, 0.15) is 12.8 Å². The van der Waals surface area contributed by atoms with E-state index < -0.39 is 11.9 Å². The average molecular weight is 327 g/mol. The van der Waals surface area contributed by atoms with E-state index in [-0.39, 0.29) is 12.6 Å². The van der Waals surface area contributed by atoms with Crippen LogP contribution in [0.4, 0.5) is 4.79 Å². The smallest absolute Gasteiger partial charge is 0.317 e. The number of amides is 2. The van der Waals surface area contributed by atoms with Crippen LogP contribution in [0.3, 0.4) is 0 Å². The van der Waals surface area contributed by atoms with Crippen LogP contribution in [0.25, 0.3) is 0 Å². The first kappa shape index (κ1) is 16.4. The van der Waals surface area contributed by atoms with Crippen molar-refractivity contribution < 1.29 is 19.4 Å². The number of carbonyl (C=O) groups excluding carboxylic acids is 1. The van der Waals surface area contributed by atoms with E-state index in [2.05, 4.69) is 5.32 Å². The Labute approximate surface area is 134 Å². The molecule has 1 aliphatic rings. The predicted octanol–water partition coefficient (Wildman–Crippen LogP) is 2.22. The number of aliphatic carboxylic acids is 1. The molecule has 6 nitrogen and oxygen atoms in total. The number of hydrogen-bond donors (Lipinski definition) is 2. The summed E-state index contributed by atoms with van der Waals surface area (Å²) < 4.78 is 5.47. The number of likely N-dealkylation sites (tertiary alicyclic amines) is 1. The Morgan fingerprint density at radius 1 is 1.45 bits per heavy atom. The molecule has 0 spiro atoms. The van der Waals surface area contributed by atoms with Crippen LogP contribution in [0, 0.1) is 5.92 Å². The van der Waals surface area contributed by atoms with Crippen molar-refractivity contribution in [3.8, 4) is 5.75 Å². The third kappa shape index (κ3) is 4.80. The van der Waals surface area contributed by atoms with Crippen molar-refractivity contribution in [1.29, 1.82) is 0 Å². The molecule has 0 aromatic heterocycles. The quantitative estimate of drug-likeness (QED) is 0.813. The highest BCUT2D eigenvalue weighted by Gasteiger charge is 2.27. The number of hydrogen-bond acceptors (Lipinski definition) is 3. The van der Waals surface area contributed by atoms with E-state index in [0.29, 0.717) is 43.3 Å². The van der Waals surface area contributed by atoms with E-state index in [1.165, 1.54) is 0 Å². The number of urea groups is 1. The average Bonchev–Trinajstić information content (AvgIpc) is 2.51. The summed E-state index contributed by atoms with van der Waals surface area (Å²) in [5, 5.41) is 12.3. The zero-order valence-electron chi connectivity index (χ0n) is 12.1. The Hall–Kier alpha value is -1.95. The summed E-state index contributed by atoms with van der Waals surface area (Å²) in [6, 6.07) is 6.78. The Morgan fingerprint density at radius 3 is 3.00 bits per heavy atom. The number of carboxylic acids is 1. The number of carbonyl (C=O) groups is 2. The van der Waals surface area contributed by atoms with Gasteiger partial charge in [-0.1, -0.05) is 17.7 Å². The molecule has 1 saturated heterocycles. The number of benzene rings is 1. The van der Waals surface area contributed by atoms with Crippen LogP contribution in [-0.4, -0.2) is 48.2 Å². The van der Waals surface area contributed by atoms with Crippen LogP contribution in [0.2, 0.25) is 5.02 Å². The minimum Gasteiger partial charge on any atom is -0.492 e. The second-order valence-corrected chi connectivity index (χ2v) is 5.60. The van der Waals surface area contributed by atoms with Crippen molar-refractivity contribution in [1.82, 2.24) is 10.2 Å². The highest BCUT2D eigenvalue weighted by atomic mass is 35.5. The molecule has 120 valence electrons. The summed E-state index contributed by atoms with van der Waals surface area (Å²) in [7, 11) is 0. The maximum atomic E-state index is 12.0. The van der Waals surface area contributed by atoms with Crippen LogP contribution in [0.15, 0.2) is 24.3 Å². The van der Waals surface area contributed by atoms with Gasteiger partial charge in [0.15, 0.2) is 0 Å². The van der Waals surface area contributed by atoms with Gasteiger partial charge in [0.2, 0.25) is 0 Å². The first-order valence-corrected chi connectivity index (χ1v) is 7.58. The van der Waals surface area contributed by atoms with Crippen LogP contribution >= 0.6 is 11.6 Å². The maximum Gasteiger partial charge on any atom is 0.317 e. The molecule has 1 unspecified atom stereocenters. The van der Waals surface area contributed by atoms with Crippen molar-refractivity contribution >= 4 is 23.6 Å². The number of nitrogens with one attached hydrogen (secondary N) is 1. The fourth-order valence-electron chi connectivity index (χ4n) is 2.36. The fourth-order valence-corrected chi connectivity index (χ4v) is 2.54. The third-order valence-electron chi connectivity index (χ3n) is 3.50. The summed E-state index contributed by atoms with van der Waals surface area (Å²) in [6.07, 6.45) is 1.33. The van der Waals surface area contributed by atoms with Crippen molar-refractivity contribution in [3.63, 3.8) is 0 Å². The summed E-state index contributed by atoms with van der Waals surface area (Å²) in [5.41, 5.74) is 0. The number of rotatable bonds is 5. The first-order chi connectivity index (χ1) is 10.6. The summed E-state index contributed by atoms with van der Waals surface area (Å²) in [5.74, 6) is -0.672. The van der Waals surface area contributed by atoms with Gasteiger partial charge in [-0.05, 0) is 31.0 Å². The van der Waals surface area contributed by atoms with E-state index in [9.17, 15) is 9.59 Å². The lowest BCUT2D eigenvalue weighted by atomic mass is 9.99.